The first-order valence-corrected chi connectivity index (χ1v) is 9.08. The number of hydrogen-bond donors (Lipinski definition) is 1. The van der Waals surface area contributed by atoms with Gasteiger partial charge in [-0.2, -0.15) is 0 Å². The number of hydrogen-bond acceptors (Lipinski definition) is 3. The smallest absolute Gasteiger partial charge is 0.228 e. The van der Waals surface area contributed by atoms with Crippen LogP contribution in [-0.4, -0.2) is 44.0 Å². The largest absolute Gasteiger partial charge is 0.369 e. The van der Waals surface area contributed by atoms with Gasteiger partial charge in [-0.3, -0.25) is 4.79 Å². The number of piperazine rings is 1. The summed E-state index contributed by atoms with van der Waals surface area (Å²) in [7, 11) is 2.13. The molecular weight excluding hydrogens is 385 g/mol. The Morgan fingerprint density at radius 3 is 2.48 bits per heavy atom. The van der Waals surface area contributed by atoms with Gasteiger partial charge in [0.2, 0.25) is 5.91 Å². The van der Waals surface area contributed by atoms with E-state index in [0.717, 1.165) is 37.6 Å². The molecule has 0 aliphatic carbocycles. The highest BCUT2D eigenvalue weighted by Gasteiger charge is 2.14. The lowest BCUT2D eigenvalue weighted by Gasteiger charge is -2.34. The summed E-state index contributed by atoms with van der Waals surface area (Å²) in [6.45, 7) is 4.11. The summed E-state index contributed by atoms with van der Waals surface area (Å²) in [6, 6.07) is 12.8. The van der Waals surface area contributed by atoms with Crippen LogP contribution in [-0.2, 0) is 11.2 Å². The highest BCUT2D eigenvalue weighted by atomic mass is 79.9. The molecule has 0 unspecified atom stereocenters. The van der Waals surface area contributed by atoms with E-state index in [2.05, 4.69) is 38.1 Å². The standard InChI is InChI=1S/C19H21BrFN3O/c1-23-9-11-24(12-10-23)16-7-5-15(6-8-16)22-18(25)13-14-3-2-4-17(20)19(14)21/h2-8H,9-13H2,1H3,(H,22,25). The van der Waals surface area contributed by atoms with Gasteiger partial charge in [-0.1, -0.05) is 12.1 Å². The molecule has 1 fully saturated rings. The van der Waals surface area contributed by atoms with E-state index in [-0.39, 0.29) is 18.1 Å². The maximum absolute atomic E-state index is 14.0. The van der Waals surface area contributed by atoms with E-state index in [0.29, 0.717) is 10.0 Å². The van der Waals surface area contributed by atoms with Gasteiger partial charge in [0, 0.05) is 37.6 Å². The van der Waals surface area contributed by atoms with E-state index in [9.17, 15) is 9.18 Å². The molecule has 25 heavy (non-hydrogen) atoms. The lowest BCUT2D eigenvalue weighted by Crippen LogP contribution is -2.44. The minimum absolute atomic E-state index is 0.00544. The molecule has 1 aliphatic heterocycles. The summed E-state index contributed by atoms with van der Waals surface area (Å²) in [4.78, 5) is 16.8. The Morgan fingerprint density at radius 1 is 1.12 bits per heavy atom. The van der Waals surface area contributed by atoms with Crippen molar-refractivity contribution in [1.82, 2.24) is 4.90 Å². The molecule has 1 heterocycles. The second kappa shape index (κ2) is 7.97. The fraction of sp³-hybridized carbons (Fsp3) is 0.316. The minimum Gasteiger partial charge on any atom is -0.369 e. The second-order valence-electron chi connectivity index (χ2n) is 6.28. The number of carbonyl (C=O) groups excluding carboxylic acids is 1. The molecule has 2 aromatic rings. The number of nitrogens with zero attached hydrogens (tertiary/aromatic N) is 2. The van der Waals surface area contributed by atoms with E-state index in [1.54, 1.807) is 18.2 Å². The van der Waals surface area contributed by atoms with E-state index < -0.39 is 0 Å². The molecule has 1 saturated heterocycles. The Labute approximate surface area is 155 Å². The number of rotatable bonds is 4. The fourth-order valence-electron chi connectivity index (χ4n) is 2.88. The highest BCUT2D eigenvalue weighted by Crippen LogP contribution is 2.21. The van der Waals surface area contributed by atoms with Gasteiger partial charge in [0.1, 0.15) is 5.82 Å². The van der Waals surface area contributed by atoms with Crippen molar-refractivity contribution in [2.75, 3.05) is 43.4 Å². The minimum atomic E-state index is -0.386. The van der Waals surface area contributed by atoms with Crippen molar-refractivity contribution in [2.24, 2.45) is 0 Å². The quantitative estimate of drug-likeness (QED) is 0.844. The summed E-state index contributed by atoms with van der Waals surface area (Å²) >= 11 is 3.14. The van der Waals surface area contributed by atoms with Gasteiger partial charge in [-0.25, -0.2) is 4.39 Å². The normalized spacial score (nSPS) is 15.2. The van der Waals surface area contributed by atoms with E-state index in [1.165, 1.54) is 0 Å². The monoisotopic (exact) mass is 405 g/mol. The van der Waals surface area contributed by atoms with Crippen molar-refractivity contribution in [3.63, 3.8) is 0 Å². The van der Waals surface area contributed by atoms with Gasteiger partial charge in [-0.15, -0.1) is 0 Å². The number of nitrogens with one attached hydrogen (secondary N) is 1. The second-order valence-corrected chi connectivity index (χ2v) is 7.13. The molecular formula is C19H21BrFN3O. The van der Waals surface area contributed by atoms with Crippen LogP contribution in [0.25, 0.3) is 0 Å². The highest BCUT2D eigenvalue weighted by molar-refractivity contribution is 9.10. The zero-order chi connectivity index (χ0) is 17.8. The molecule has 2 aromatic carbocycles. The number of likely N-dealkylation sites (N-methyl/N-ethyl adjacent to an activating group) is 1. The van der Waals surface area contributed by atoms with Crippen LogP contribution in [0.2, 0.25) is 0 Å². The Kier molecular flexibility index (Phi) is 5.71. The zero-order valence-electron chi connectivity index (χ0n) is 14.1. The third kappa shape index (κ3) is 4.58. The van der Waals surface area contributed by atoms with Crippen LogP contribution >= 0.6 is 15.9 Å². The first-order chi connectivity index (χ1) is 12.0. The number of carbonyl (C=O) groups is 1. The van der Waals surface area contributed by atoms with Gasteiger partial charge in [0.15, 0.2) is 0 Å². The van der Waals surface area contributed by atoms with Crippen LogP contribution in [0.4, 0.5) is 15.8 Å². The SMILES string of the molecule is CN1CCN(c2ccc(NC(=O)Cc3cccc(Br)c3F)cc2)CC1. The first kappa shape index (κ1) is 17.9. The van der Waals surface area contributed by atoms with Gasteiger partial charge in [0.05, 0.1) is 10.9 Å². The van der Waals surface area contributed by atoms with Crippen molar-refractivity contribution >= 4 is 33.2 Å². The maximum Gasteiger partial charge on any atom is 0.228 e. The predicted molar refractivity (Wildman–Crippen MR) is 103 cm³/mol. The molecule has 0 atom stereocenters. The van der Waals surface area contributed by atoms with E-state index in [4.69, 9.17) is 0 Å². The molecule has 0 radical (unpaired) electrons. The first-order valence-electron chi connectivity index (χ1n) is 8.29. The van der Waals surface area contributed by atoms with Crippen LogP contribution in [0.1, 0.15) is 5.56 Å². The van der Waals surface area contributed by atoms with Gasteiger partial charge in [-0.05, 0) is 58.9 Å². The summed E-state index contributed by atoms with van der Waals surface area (Å²) in [5, 5.41) is 2.83. The molecule has 1 amide bonds. The molecule has 1 aliphatic rings. The third-order valence-corrected chi connectivity index (χ3v) is 5.01. The van der Waals surface area contributed by atoms with Crippen LogP contribution in [0.15, 0.2) is 46.9 Å². The molecule has 1 N–H and O–H groups in total. The van der Waals surface area contributed by atoms with Gasteiger partial charge in [0.25, 0.3) is 0 Å². The Bertz CT molecular complexity index is 743. The van der Waals surface area contributed by atoms with E-state index in [1.807, 2.05) is 24.3 Å². The topological polar surface area (TPSA) is 35.6 Å². The van der Waals surface area contributed by atoms with Gasteiger partial charge >= 0.3 is 0 Å². The van der Waals surface area contributed by atoms with E-state index >= 15 is 0 Å². The third-order valence-electron chi connectivity index (χ3n) is 4.40. The number of amides is 1. The van der Waals surface area contributed by atoms with Crippen molar-refractivity contribution in [2.45, 2.75) is 6.42 Å². The van der Waals surface area contributed by atoms with Crippen LogP contribution < -0.4 is 10.2 Å². The average Bonchev–Trinajstić information content (AvgIpc) is 2.60. The number of anilines is 2. The maximum atomic E-state index is 14.0. The van der Waals surface area contributed by atoms with Crippen LogP contribution in [0.3, 0.4) is 0 Å². The molecule has 0 saturated carbocycles. The zero-order valence-corrected chi connectivity index (χ0v) is 15.7. The van der Waals surface area contributed by atoms with Crippen LogP contribution in [0.5, 0.6) is 0 Å². The fourth-order valence-corrected chi connectivity index (χ4v) is 3.29. The average molecular weight is 406 g/mol. The number of benzene rings is 2. The lowest BCUT2D eigenvalue weighted by atomic mass is 10.1. The molecule has 0 aromatic heterocycles. The number of halogens is 2. The van der Waals surface area contributed by atoms with Crippen molar-refractivity contribution < 1.29 is 9.18 Å². The summed E-state index contributed by atoms with van der Waals surface area (Å²) in [6.07, 6.45) is 0.00544. The summed E-state index contributed by atoms with van der Waals surface area (Å²) in [5.41, 5.74) is 2.25. The Hall–Kier alpha value is -1.92. The Morgan fingerprint density at radius 2 is 1.80 bits per heavy atom. The van der Waals surface area contributed by atoms with Crippen molar-refractivity contribution in [3.05, 3.63) is 58.3 Å². The van der Waals surface area contributed by atoms with Gasteiger partial charge < -0.3 is 15.1 Å². The molecule has 0 spiro atoms. The molecule has 132 valence electrons. The Balaban J connectivity index is 1.59. The summed E-state index contributed by atoms with van der Waals surface area (Å²) < 4.78 is 14.3. The molecule has 6 heteroatoms. The molecule has 4 nitrogen and oxygen atoms in total. The van der Waals surface area contributed by atoms with Crippen LogP contribution in [0, 0.1) is 5.82 Å². The molecule has 0 bridgehead atoms. The summed E-state index contributed by atoms with van der Waals surface area (Å²) in [5.74, 6) is -0.618. The van der Waals surface area contributed by atoms with Crippen molar-refractivity contribution in [3.8, 4) is 0 Å². The molecule has 3 rings (SSSR count). The lowest BCUT2D eigenvalue weighted by molar-refractivity contribution is -0.115. The predicted octanol–water partition coefficient (Wildman–Crippen LogP) is 3.52. The van der Waals surface area contributed by atoms with Crippen molar-refractivity contribution in [1.29, 1.82) is 0 Å².